The molecule has 156 valence electrons. The van der Waals surface area contributed by atoms with Crippen LogP contribution in [0.2, 0.25) is 0 Å². The Balaban J connectivity index is 2.00. The van der Waals surface area contributed by atoms with E-state index in [1.54, 1.807) is 12.2 Å². The third kappa shape index (κ3) is 5.48. The van der Waals surface area contributed by atoms with Crippen LogP contribution in [0.3, 0.4) is 0 Å². The topological polar surface area (TPSA) is 74.9 Å². The normalized spacial score (nSPS) is 12.2. The number of hydrogen-bond donors (Lipinski definition) is 1. The Morgan fingerprint density at radius 2 is 1.90 bits per heavy atom. The van der Waals surface area contributed by atoms with E-state index in [4.69, 9.17) is 0 Å². The first kappa shape index (κ1) is 22.5. The summed E-state index contributed by atoms with van der Waals surface area (Å²) in [6.07, 6.45) is 3.97. The fourth-order valence-electron chi connectivity index (χ4n) is 2.98. The van der Waals surface area contributed by atoms with E-state index >= 15 is 0 Å². The second-order valence-electron chi connectivity index (χ2n) is 6.62. The molecule has 0 aliphatic rings. The number of hydrogen-bond acceptors (Lipinski definition) is 4. The van der Waals surface area contributed by atoms with Crippen molar-refractivity contribution in [1.82, 2.24) is 9.88 Å². The summed E-state index contributed by atoms with van der Waals surface area (Å²) in [5.74, 6) is -0.495. The van der Waals surface area contributed by atoms with E-state index in [9.17, 15) is 14.9 Å². The van der Waals surface area contributed by atoms with Crippen LogP contribution in [0.5, 0.6) is 0 Å². The van der Waals surface area contributed by atoms with Crippen LogP contribution in [0.25, 0.3) is 11.6 Å². The molecule has 0 bridgehead atoms. The number of carbonyl (C=O) groups is 1. The second kappa shape index (κ2) is 10.7. The van der Waals surface area contributed by atoms with Gasteiger partial charge in [-0.25, -0.2) is 0 Å². The van der Waals surface area contributed by atoms with Gasteiger partial charge in [-0.3, -0.25) is 14.2 Å². The molecule has 0 aliphatic heterocycles. The number of allylic oxidation sites excluding steroid dienone is 1. The zero-order chi connectivity index (χ0) is 22.2. The van der Waals surface area contributed by atoms with Crippen molar-refractivity contribution < 1.29 is 4.79 Å². The molecule has 1 aromatic heterocycles. The van der Waals surface area contributed by atoms with Crippen LogP contribution in [0, 0.1) is 11.3 Å². The predicted octanol–water partition coefficient (Wildman–Crippen LogP) is 2.72. The maximum atomic E-state index is 13.0. The molecule has 0 atom stereocenters. The second-order valence-corrected chi connectivity index (χ2v) is 8.51. The first-order valence-corrected chi connectivity index (χ1v) is 11.2. The molecule has 0 saturated carbocycles. The van der Waals surface area contributed by atoms with Crippen molar-refractivity contribution in [3.05, 3.63) is 102 Å². The third-order valence-electron chi connectivity index (χ3n) is 4.51. The molecular formula is C24H20BrN3O2S. The van der Waals surface area contributed by atoms with Gasteiger partial charge in [-0.05, 0) is 29.7 Å². The highest BCUT2D eigenvalue weighted by Crippen LogP contribution is 2.16. The fraction of sp³-hybridized carbons (Fsp3) is 0.125. The van der Waals surface area contributed by atoms with Gasteiger partial charge in [0.25, 0.3) is 11.5 Å². The van der Waals surface area contributed by atoms with Gasteiger partial charge in [0.2, 0.25) is 0 Å². The van der Waals surface area contributed by atoms with Gasteiger partial charge in [0.15, 0.2) is 5.57 Å². The van der Waals surface area contributed by atoms with E-state index in [0.29, 0.717) is 22.2 Å². The summed E-state index contributed by atoms with van der Waals surface area (Å²) in [6, 6.07) is 19.3. The molecule has 0 unspecified atom stereocenters. The molecule has 7 heteroatoms. The van der Waals surface area contributed by atoms with Gasteiger partial charge in [0, 0.05) is 17.6 Å². The Hall–Kier alpha value is -3.21. The number of amides is 1. The summed E-state index contributed by atoms with van der Waals surface area (Å²) in [4.78, 5) is 25.7. The smallest absolute Gasteiger partial charge is 0.269 e. The van der Waals surface area contributed by atoms with Gasteiger partial charge < -0.3 is 5.32 Å². The maximum absolute atomic E-state index is 13.0. The van der Waals surface area contributed by atoms with Crippen LogP contribution in [-0.4, -0.2) is 17.0 Å². The highest BCUT2D eigenvalue weighted by atomic mass is 79.9. The van der Waals surface area contributed by atoms with E-state index in [0.717, 1.165) is 26.9 Å². The van der Waals surface area contributed by atoms with Crippen LogP contribution >= 0.6 is 27.3 Å². The predicted molar refractivity (Wildman–Crippen MR) is 128 cm³/mol. The van der Waals surface area contributed by atoms with Crippen LogP contribution in [0.1, 0.15) is 11.1 Å². The number of aromatic nitrogens is 1. The molecule has 0 saturated heterocycles. The molecule has 0 aliphatic carbocycles. The average molecular weight is 494 g/mol. The quantitative estimate of drug-likeness (QED) is 0.514. The SMILES string of the molecule is C=CCn1c(=O)/c(=C/c2ccccc2Br)s/c1=C(/C#N)C(=O)NCCc1ccccc1. The highest BCUT2D eigenvalue weighted by Gasteiger charge is 2.15. The highest BCUT2D eigenvalue weighted by molar-refractivity contribution is 9.10. The molecule has 0 fully saturated rings. The van der Waals surface area contributed by atoms with E-state index in [1.165, 1.54) is 4.57 Å². The molecule has 31 heavy (non-hydrogen) atoms. The summed E-state index contributed by atoms with van der Waals surface area (Å²) >= 11 is 4.60. The maximum Gasteiger partial charge on any atom is 0.269 e. The van der Waals surface area contributed by atoms with Crippen LogP contribution in [-0.2, 0) is 17.8 Å². The molecule has 1 heterocycles. The molecule has 3 aromatic rings. The first-order valence-electron chi connectivity index (χ1n) is 9.58. The first-order chi connectivity index (χ1) is 15.0. The largest absolute Gasteiger partial charge is 0.351 e. The molecule has 5 nitrogen and oxygen atoms in total. The van der Waals surface area contributed by atoms with Crippen LogP contribution < -0.4 is 20.1 Å². The zero-order valence-corrected chi connectivity index (χ0v) is 19.1. The minimum atomic E-state index is -0.495. The zero-order valence-electron chi connectivity index (χ0n) is 16.7. The molecule has 1 N–H and O–H groups in total. The minimum absolute atomic E-state index is 0.0798. The summed E-state index contributed by atoms with van der Waals surface area (Å²) in [7, 11) is 0. The Morgan fingerprint density at radius 1 is 1.19 bits per heavy atom. The fourth-order valence-corrected chi connectivity index (χ4v) is 4.48. The summed E-state index contributed by atoms with van der Waals surface area (Å²) in [6.45, 7) is 4.29. The lowest BCUT2D eigenvalue weighted by molar-refractivity contribution is -0.115. The third-order valence-corrected chi connectivity index (χ3v) is 6.36. The molecule has 2 aromatic carbocycles. The van der Waals surface area contributed by atoms with Crippen molar-refractivity contribution in [2.75, 3.05) is 6.54 Å². The summed E-state index contributed by atoms with van der Waals surface area (Å²) < 4.78 is 3.02. The Kier molecular flexibility index (Phi) is 7.76. The van der Waals surface area contributed by atoms with Gasteiger partial charge >= 0.3 is 0 Å². The molecule has 0 spiro atoms. The van der Waals surface area contributed by atoms with Gasteiger partial charge in [-0.2, -0.15) is 5.26 Å². The van der Waals surface area contributed by atoms with Gasteiger partial charge in [0.05, 0.1) is 4.53 Å². The minimum Gasteiger partial charge on any atom is -0.351 e. The number of carbonyl (C=O) groups excluding carboxylic acids is 1. The van der Waals surface area contributed by atoms with Crippen LogP contribution in [0.15, 0.2) is 76.5 Å². The Morgan fingerprint density at radius 3 is 2.58 bits per heavy atom. The Bertz CT molecular complexity index is 1320. The number of nitriles is 1. The van der Waals surface area contributed by atoms with Gasteiger partial charge in [-0.1, -0.05) is 70.5 Å². The lowest BCUT2D eigenvalue weighted by Crippen LogP contribution is -2.35. The average Bonchev–Trinajstić information content (AvgIpc) is 3.07. The lowest BCUT2D eigenvalue weighted by atomic mass is 10.1. The summed E-state index contributed by atoms with van der Waals surface area (Å²) in [5.41, 5.74) is 1.58. The molecule has 1 amide bonds. The van der Waals surface area contributed by atoms with Crippen molar-refractivity contribution in [3.63, 3.8) is 0 Å². The van der Waals surface area contributed by atoms with Crippen LogP contribution in [0.4, 0.5) is 0 Å². The molecular weight excluding hydrogens is 474 g/mol. The Labute approximate surface area is 192 Å². The number of nitrogens with zero attached hydrogens (tertiary/aromatic N) is 2. The molecule has 3 rings (SSSR count). The van der Waals surface area contributed by atoms with Crippen molar-refractivity contribution in [1.29, 1.82) is 5.26 Å². The lowest BCUT2D eigenvalue weighted by Gasteiger charge is -2.05. The van der Waals surface area contributed by atoms with Gasteiger partial charge in [0.1, 0.15) is 10.7 Å². The van der Waals surface area contributed by atoms with Crippen molar-refractivity contribution in [2.24, 2.45) is 0 Å². The number of benzene rings is 2. The van der Waals surface area contributed by atoms with Crippen molar-refractivity contribution in [3.8, 4) is 6.07 Å². The van der Waals surface area contributed by atoms with E-state index in [2.05, 4.69) is 27.8 Å². The van der Waals surface area contributed by atoms with Gasteiger partial charge in [-0.15, -0.1) is 17.9 Å². The number of rotatable bonds is 7. The number of halogens is 1. The summed E-state index contributed by atoms with van der Waals surface area (Å²) in [5, 5.41) is 12.5. The van der Waals surface area contributed by atoms with E-state index in [-0.39, 0.29) is 17.7 Å². The van der Waals surface area contributed by atoms with E-state index < -0.39 is 5.91 Å². The molecule has 0 radical (unpaired) electrons. The monoisotopic (exact) mass is 493 g/mol. The number of nitrogens with one attached hydrogen (secondary N) is 1. The van der Waals surface area contributed by atoms with E-state index in [1.807, 2.05) is 60.7 Å². The van der Waals surface area contributed by atoms with Crippen molar-refractivity contribution >= 4 is 44.8 Å². The van der Waals surface area contributed by atoms with Crippen molar-refractivity contribution in [2.45, 2.75) is 13.0 Å². The number of thiazole rings is 1. The standard InChI is InChI=1S/C24H20BrN3O2S/c1-2-14-28-23(30)21(15-18-10-6-7-11-20(18)25)31-24(28)19(16-26)22(29)27-13-12-17-8-4-3-5-9-17/h2-11,15H,1,12-14H2,(H,27,29)/b21-15-,24-19-.